The van der Waals surface area contributed by atoms with Crippen LogP contribution in [0.1, 0.15) is 51.7 Å². The lowest BCUT2D eigenvalue weighted by Crippen LogP contribution is -2.57. The molecule has 2 rings (SSSR count). The van der Waals surface area contributed by atoms with Gasteiger partial charge in [-0.15, -0.1) is 0 Å². The Hall–Kier alpha value is -4.28. The molecule has 0 spiro atoms. The fraction of sp³-hybridized carbons (Fsp3) is 0.433. The van der Waals surface area contributed by atoms with Crippen LogP contribution in [-0.4, -0.2) is 47.7 Å². The van der Waals surface area contributed by atoms with Crippen molar-refractivity contribution in [1.29, 1.82) is 0 Å². The largest absolute Gasteiger partial charge is 0.445 e. The number of Topliss-reactive ketones (excluding diaryl/α,β-unsaturated/α-hetero) is 1. The molecule has 0 aromatic heterocycles. The molecule has 5 N–H and O–H groups in total. The van der Waals surface area contributed by atoms with Crippen LogP contribution in [0.15, 0.2) is 54.6 Å². The molecule has 0 bridgehead atoms. The Balaban J connectivity index is 2.12. The molecule has 0 aliphatic heterocycles. The minimum atomic E-state index is -1.28. The molecule has 4 unspecified atom stereocenters. The molecule has 11 heteroatoms. The summed E-state index contributed by atoms with van der Waals surface area (Å²) >= 11 is 0. The van der Waals surface area contributed by atoms with Gasteiger partial charge in [0.25, 0.3) is 5.91 Å². The third-order valence-corrected chi connectivity index (χ3v) is 6.52. The minimum Gasteiger partial charge on any atom is -0.445 e. The van der Waals surface area contributed by atoms with E-state index in [0.29, 0.717) is 12.0 Å². The van der Waals surface area contributed by atoms with Crippen molar-refractivity contribution in [3.63, 3.8) is 0 Å². The van der Waals surface area contributed by atoms with E-state index in [2.05, 4.69) is 16.0 Å². The fourth-order valence-corrected chi connectivity index (χ4v) is 4.06. The molecule has 222 valence electrons. The van der Waals surface area contributed by atoms with Crippen LogP contribution in [0.2, 0.25) is 0 Å². The molecule has 4 amide bonds. The van der Waals surface area contributed by atoms with E-state index in [0.717, 1.165) is 5.56 Å². The van der Waals surface area contributed by atoms with Crippen molar-refractivity contribution in [3.05, 3.63) is 71.5 Å². The van der Waals surface area contributed by atoms with Gasteiger partial charge in [0, 0.05) is 6.42 Å². The summed E-state index contributed by atoms with van der Waals surface area (Å²) in [4.78, 5) is 63.9. The zero-order valence-corrected chi connectivity index (χ0v) is 23.8. The third kappa shape index (κ3) is 11.0. The van der Waals surface area contributed by atoms with Gasteiger partial charge in [0.2, 0.25) is 17.6 Å². The molecule has 0 saturated heterocycles. The Morgan fingerprint density at radius 1 is 0.878 bits per heavy atom. The van der Waals surface area contributed by atoms with E-state index in [-0.39, 0.29) is 25.4 Å². The van der Waals surface area contributed by atoms with Crippen LogP contribution in [0.4, 0.5) is 9.18 Å². The second-order valence-corrected chi connectivity index (χ2v) is 10.4. The average molecular weight is 571 g/mol. The first kappa shape index (κ1) is 32.9. The average Bonchev–Trinajstić information content (AvgIpc) is 2.93. The van der Waals surface area contributed by atoms with E-state index in [1.807, 2.05) is 19.9 Å². The molecule has 0 aliphatic rings. The van der Waals surface area contributed by atoms with Crippen molar-refractivity contribution < 1.29 is 33.1 Å². The van der Waals surface area contributed by atoms with Crippen LogP contribution < -0.4 is 21.7 Å². The second kappa shape index (κ2) is 16.1. The van der Waals surface area contributed by atoms with Gasteiger partial charge in [-0.1, -0.05) is 76.6 Å². The molecule has 4 atom stereocenters. The van der Waals surface area contributed by atoms with Crippen molar-refractivity contribution in [2.24, 2.45) is 17.6 Å². The highest BCUT2D eigenvalue weighted by Gasteiger charge is 2.35. The number of primary amides is 1. The summed E-state index contributed by atoms with van der Waals surface area (Å²) in [5, 5.41) is 7.47. The molecule has 2 aromatic rings. The summed E-state index contributed by atoms with van der Waals surface area (Å²) in [7, 11) is 0. The number of rotatable bonds is 15. The highest BCUT2D eigenvalue weighted by Crippen LogP contribution is 2.13. The summed E-state index contributed by atoms with van der Waals surface area (Å²) in [6, 6.07) is 10.9. The van der Waals surface area contributed by atoms with E-state index in [1.165, 1.54) is 18.2 Å². The Labute approximate surface area is 239 Å². The summed E-state index contributed by atoms with van der Waals surface area (Å²) < 4.78 is 18.8. The van der Waals surface area contributed by atoms with Gasteiger partial charge in [-0.25, -0.2) is 9.18 Å². The minimum absolute atomic E-state index is 0.000343. The van der Waals surface area contributed by atoms with Gasteiger partial charge >= 0.3 is 6.09 Å². The maximum atomic E-state index is 13.6. The predicted molar refractivity (Wildman–Crippen MR) is 151 cm³/mol. The number of halogens is 1. The molecular weight excluding hydrogens is 531 g/mol. The lowest BCUT2D eigenvalue weighted by atomic mass is 9.93. The normalized spacial score (nSPS) is 13.8. The highest BCUT2D eigenvalue weighted by molar-refractivity contribution is 6.39. The summed E-state index contributed by atoms with van der Waals surface area (Å²) in [6.45, 7) is 7.21. The van der Waals surface area contributed by atoms with Crippen molar-refractivity contribution >= 4 is 29.6 Å². The number of nitrogens with one attached hydrogen (secondary N) is 3. The van der Waals surface area contributed by atoms with Crippen LogP contribution in [0.5, 0.6) is 0 Å². The lowest BCUT2D eigenvalue weighted by Gasteiger charge is -2.27. The summed E-state index contributed by atoms with van der Waals surface area (Å²) in [5.74, 6) is -4.65. The number of hydrogen-bond acceptors (Lipinski definition) is 6. The topological polar surface area (TPSA) is 157 Å². The predicted octanol–water partition coefficient (Wildman–Crippen LogP) is 2.78. The van der Waals surface area contributed by atoms with Gasteiger partial charge in [0.15, 0.2) is 0 Å². The fourth-order valence-electron chi connectivity index (χ4n) is 4.06. The number of alkyl carbamates (subject to hydrolysis) is 1. The van der Waals surface area contributed by atoms with Crippen LogP contribution >= 0.6 is 0 Å². The standard InChI is InChI=1S/C30H39FN4O6/c1-5-19(4)25(26(36)29(39)33-23(27(32)37)16-21-12-9-13-22(31)15-21)35-28(38)24(14-18(2)3)34-30(40)41-17-20-10-7-6-8-11-20/h6-13,15,18-19,23-25H,5,14,16-17H2,1-4H3,(H2,32,37)(H,33,39)(H,34,40)(H,35,38). The monoisotopic (exact) mass is 570 g/mol. The number of ether oxygens (including phenoxy) is 1. The van der Waals surface area contributed by atoms with Gasteiger partial charge in [-0.05, 0) is 41.5 Å². The van der Waals surface area contributed by atoms with Crippen molar-refractivity contribution in [2.75, 3.05) is 0 Å². The van der Waals surface area contributed by atoms with Crippen LogP contribution in [0.3, 0.4) is 0 Å². The van der Waals surface area contributed by atoms with Gasteiger partial charge in [0.1, 0.15) is 24.5 Å². The van der Waals surface area contributed by atoms with Crippen molar-refractivity contribution in [3.8, 4) is 0 Å². The van der Waals surface area contributed by atoms with Crippen molar-refractivity contribution in [2.45, 2.75) is 71.7 Å². The number of benzene rings is 2. The Morgan fingerprint density at radius 2 is 1.54 bits per heavy atom. The summed E-state index contributed by atoms with van der Waals surface area (Å²) in [5.41, 5.74) is 6.60. The Bertz CT molecular complexity index is 1210. The third-order valence-electron chi connectivity index (χ3n) is 6.52. The smallest absolute Gasteiger partial charge is 0.408 e. The van der Waals surface area contributed by atoms with Crippen LogP contribution in [-0.2, 0) is 36.9 Å². The molecule has 0 fully saturated rings. The first-order valence-corrected chi connectivity index (χ1v) is 13.6. The van der Waals surface area contributed by atoms with Crippen LogP contribution in [0.25, 0.3) is 0 Å². The van der Waals surface area contributed by atoms with Gasteiger partial charge in [-0.2, -0.15) is 0 Å². The van der Waals surface area contributed by atoms with Crippen LogP contribution in [0, 0.1) is 17.7 Å². The molecule has 0 heterocycles. The molecule has 41 heavy (non-hydrogen) atoms. The number of nitrogens with two attached hydrogens (primary N) is 1. The number of hydrogen-bond donors (Lipinski definition) is 4. The van der Waals surface area contributed by atoms with E-state index < -0.39 is 59.5 Å². The van der Waals surface area contributed by atoms with E-state index in [9.17, 15) is 28.4 Å². The molecule has 0 radical (unpaired) electrons. The molecule has 0 aliphatic carbocycles. The number of carbonyl (C=O) groups is 5. The lowest BCUT2D eigenvalue weighted by molar-refractivity contribution is -0.142. The maximum Gasteiger partial charge on any atom is 0.408 e. The zero-order valence-electron chi connectivity index (χ0n) is 23.8. The van der Waals surface area contributed by atoms with E-state index >= 15 is 0 Å². The maximum absolute atomic E-state index is 13.6. The second-order valence-electron chi connectivity index (χ2n) is 10.4. The molecule has 10 nitrogen and oxygen atoms in total. The Morgan fingerprint density at radius 3 is 2.12 bits per heavy atom. The number of amides is 4. The summed E-state index contributed by atoms with van der Waals surface area (Å²) in [6.07, 6.45) is -0.246. The van der Waals surface area contributed by atoms with Gasteiger partial charge < -0.3 is 26.4 Å². The van der Waals surface area contributed by atoms with Gasteiger partial charge in [-0.3, -0.25) is 19.2 Å². The van der Waals surface area contributed by atoms with E-state index in [4.69, 9.17) is 10.5 Å². The molecule has 2 aromatic carbocycles. The van der Waals surface area contributed by atoms with E-state index in [1.54, 1.807) is 44.2 Å². The van der Waals surface area contributed by atoms with Gasteiger partial charge in [0.05, 0.1) is 6.04 Å². The number of ketones is 1. The first-order chi connectivity index (χ1) is 19.4. The molecular formula is C30H39FN4O6. The Kier molecular flexibility index (Phi) is 12.9. The number of carbonyl (C=O) groups excluding carboxylic acids is 5. The first-order valence-electron chi connectivity index (χ1n) is 13.6. The quantitative estimate of drug-likeness (QED) is 0.241. The highest BCUT2D eigenvalue weighted by atomic mass is 19.1. The SMILES string of the molecule is CCC(C)C(NC(=O)C(CC(C)C)NC(=O)OCc1ccccc1)C(=O)C(=O)NC(Cc1cccc(F)c1)C(N)=O. The zero-order chi connectivity index (χ0) is 30.5. The van der Waals surface area contributed by atoms with Crippen molar-refractivity contribution in [1.82, 2.24) is 16.0 Å². The molecule has 0 saturated carbocycles.